The topological polar surface area (TPSA) is 62.7 Å². The van der Waals surface area contributed by atoms with Crippen LogP contribution in [0.25, 0.3) is 0 Å². The third-order valence-corrected chi connectivity index (χ3v) is 2.80. The highest BCUT2D eigenvalue weighted by molar-refractivity contribution is 7.07. The van der Waals surface area contributed by atoms with Gasteiger partial charge >= 0.3 is 0 Å². The van der Waals surface area contributed by atoms with E-state index in [0.29, 0.717) is 5.95 Å². The second-order valence-electron chi connectivity index (χ2n) is 3.45. The normalized spacial score (nSPS) is 10.2. The predicted octanol–water partition coefficient (Wildman–Crippen LogP) is 2.02. The second-order valence-corrected chi connectivity index (χ2v) is 4.17. The molecule has 6 heteroatoms. The monoisotopic (exact) mass is 249 g/mol. The van der Waals surface area contributed by atoms with E-state index >= 15 is 0 Å². The summed E-state index contributed by atoms with van der Waals surface area (Å²) in [6.07, 6.45) is 2.65. The second kappa shape index (κ2) is 6.15. The maximum atomic E-state index is 4.33. The van der Waals surface area contributed by atoms with Crippen molar-refractivity contribution in [2.45, 2.75) is 13.3 Å². The van der Waals surface area contributed by atoms with Gasteiger partial charge in [0, 0.05) is 31.1 Å². The lowest BCUT2D eigenvalue weighted by Gasteiger charge is -2.06. The van der Waals surface area contributed by atoms with Crippen molar-refractivity contribution in [3.8, 4) is 0 Å². The minimum atomic E-state index is 0.658. The molecule has 0 spiro atoms. The predicted molar refractivity (Wildman–Crippen MR) is 70.5 cm³/mol. The highest BCUT2D eigenvalue weighted by Gasteiger charge is 1.98. The molecular formula is C11H15N5S. The van der Waals surface area contributed by atoms with Crippen LogP contribution in [0.5, 0.6) is 0 Å². The Morgan fingerprint density at radius 1 is 1.29 bits per heavy atom. The fraction of sp³-hybridized carbons (Fsp3) is 0.364. The maximum absolute atomic E-state index is 4.33. The van der Waals surface area contributed by atoms with Crippen LogP contribution in [-0.2, 0) is 6.42 Å². The fourth-order valence-electron chi connectivity index (χ4n) is 1.38. The lowest BCUT2D eigenvalue weighted by atomic mass is 10.3. The van der Waals surface area contributed by atoms with Gasteiger partial charge in [-0.25, -0.2) is 9.97 Å². The van der Waals surface area contributed by atoms with E-state index in [0.717, 1.165) is 31.0 Å². The summed E-state index contributed by atoms with van der Waals surface area (Å²) in [4.78, 5) is 12.7. The quantitative estimate of drug-likeness (QED) is 0.820. The van der Waals surface area contributed by atoms with E-state index in [1.807, 2.05) is 18.5 Å². The van der Waals surface area contributed by atoms with E-state index in [1.54, 1.807) is 17.5 Å². The largest absolute Gasteiger partial charge is 0.370 e. The first kappa shape index (κ1) is 11.8. The summed E-state index contributed by atoms with van der Waals surface area (Å²) >= 11 is 1.62. The molecular weight excluding hydrogens is 234 g/mol. The Morgan fingerprint density at radius 3 is 3.00 bits per heavy atom. The van der Waals surface area contributed by atoms with Gasteiger partial charge in [0.2, 0.25) is 5.95 Å². The number of nitrogens with zero attached hydrogens (tertiary/aromatic N) is 3. The molecule has 2 aromatic rings. The van der Waals surface area contributed by atoms with Crippen LogP contribution in [0.2, 0.25) is 0 Å². The number of nitrogens with one attached hydrogen (secondary N) is 2. The zero-order valence-corrected chi connectivity index (χ0v) is 10.5. The molecule has 0 aliphatic rings. The molecule has 0 bridgehead atoms. The summed E-state index contributed by atoms with van der Waals surface area (Å²) < 4.78 is 0. The molecule has 2 heterocycles. The van der Waals surface area contributed by atoms with E-state index in [9.17, 15) is 0 Å². The van der Waals surface area contributed by atoms with Crippen molar-refractivity contribution in [2.24, 2.45) is 0 Å². The van der Waals surface area contributed by atoms with Crippen LogP contribution in [-0.4, -0.2) is 28.0 Å². The molecule has 5 nitrogen and oxygen atoms in total. The zero-order chi connectivity index (χ0) is 11.9. The number of anilines is 2. The fourth-order valence-corrected chi connectivity index (χ4v) is 1.97. The highest BCUT2D eigenvalue weighted by Crippen LogP contribution is 2.06. The highest BCUT2D eigenvalue weighted by atomic mass is 32.1. The molecule has 2 rings (SSSR count). The first-order valence-corrected chi connectivity index (χ1v) is 6.50. The Labute approximate surface area is 104 Å². The molecule has 0 aromatic carbocycles. The summed E-state index contributed by atoms with van der Waals surface area (Å²) in [6.45, 7) is 3.67. The van der Waals surface area contributed by atoms with Crippen molar-refractivity contribution in [2.75, 3.05) is 23.7 Å². The average molecular weight is 249 g/mol. The van der Waals surface area contributed by atoms with Crippen LogP contribution in [0.3, 0.4) is 0 Å². The number of hydrogen-bond acceptors (Lipinski definition) is 6. The minimum Gasteiger partial charge on any atom is -0.370 e. The molecule has 0 saturated heterocycles. The van der Waals surface area contributed by atoms with Gasteiger partial charge in [-0.05, 0) is 13.0 Å². The lowest BCUT2D eigenvalue weighted by molar-refractivity contribution is 0.963. The van der Waals surface area contributed by atoms with Gasteiger partial charge in [-0.15, -0.1) is 11.3 Å². The van der Waals surface area contributed by atoms with Crippen molar-refractivity contribution in [1.29, 1.82) is 0 Å². The van der Waals surface area contributed by atoms with Crippen LogP contribution >= 0.6 is 11.3 Å². The Hall–Kier alpha value is -1.69. The van der Waals surface area contributed by atoms with Gasteiger partial charge in [0.1, 0.15) is 5.82 Å². The molecule has 0 radical (unpaired) electrons. The Morgan fingerprint density at radius 2 is 2.24 bits per heavy atom. The van der Waals surface area contributed by atoms with Crippen LogP contribution in [0.1, 0.15) is 12.6 Å². The van der Waals surface area contributed by atoms with Crippen molar-refractivity contribution in [3.63, 3.8) is 0 Å². The van der Waals surface area contributed by atoms with Crippen molar-refractivity contribution < 1.29 is 0 Å². The molecule has 17 heavy (non-hydrogen) atoms. The third kappa shape index (κ3) is 3.67. The SMILES string of the molecule is CCNc1nccc(NCCc2cscn2)n1. The van der Waals surface area contributed by atoms with Crippen LogP contribution in [0.15, 0.2) is 23.2 Å². The zero-order valence-electron chi connectivity index (χ0n) is 9.68. The summed E-state index contributed by atoms with van der Waals surface area (Å²) in [5.74, 6) is 1.50. The number of thiazole rings is 1. The maximum Gasteiger partial charge on any atom is 0.224 e. The summed E-state index contributed by atoms with van der Waals surface area (Å²) in [6, 6.07) is 1.86. The van der Waals surface area contributed by atoms with Crippen molar-refractivity contribution >= 4 is 23.1 Å². The molecule has 2 N–H and O–H groups in total. The van der Waals surface area contributed by atoms with Crippen LogP contribution in [0.4, 0.5) is 11.8 Å². The van der Waals surface area contributed by atoms with Crippen LogP contribution in [0, 0.1) is 0 Å². The van der Waals surface area contributed by atoms with Gasteiger partial charge < -0.3 is 10.6 Å². The Balaban J connectivity index is 1.84. The first-order valence-electron chi connectivity index (χ1n) is 5.56. The smallest absolute Gasteiger partial charge is 0.224 e. The van der Waals surface area contributed by atoms with E-state index in [1.165, 1.54) is 0 Å². The van der Waals surface area contributed by atoms with Gasteiger partial charge in [0.25, 0.3) is 0 Å². The standard InChI is InChI=1S/C11H15N5S/c1-2-12-11-14-6-4-10(16-11)13-5-3-9-7-17-8-15-9/h4,6-8H,2-3,5H2,1H3,(H2,12,13,14,16). The molecule has 0 aliphatic carbocycles. The van der Waals surface area contributed by atoms with E-state index < -0.39 is 0 Å². The molecule has 0 amide bonds. The van der Waals surface area contributed by atoms with Gasteiger partial charge in [-0.1, -0.05) is 0 Å². The lowest BCUT2D eigenvalue weighted by Crippen LogP contribution is -2.08. The molecule has 2 aromatic heterocycles. The van der Waals surface area contributed by atoms with Gasteiger partial charge in [-0.2, -0.15) is 4.98 Å². The molecule has 90 valence electrons. The number of rotatable bonds is 6. The third-order valence-electron chi connectivity index (χ3n) is 2.16. The van der Waals surface area contributed by atoms with Gasteiger partial charge in [0.05, 0.1) is 11.2 Å². The molecule has 0 fully saturated rings. The van der Waals surface area contributed by atoms with Gasteiger partial charge in [0.15, 0.2) is 0 Å². The Bertz CT molecular complexity index is 443. The van der Waals surface area contributed by atoms with Crippen molar-refractivity contribution in [3.05, 3.63) is 28.8 Å². The average Bonchev–Trinajstić information content (AvgIpc) is 2.83. The molecule has 0 saturated carbocycles. The molecule has 0 unspecified atom stereocenters. The minimum absolute atomic E-state index is 0.658. The van der Waals surface area contributed by atoms with E-state index in [-0.39, 0.29) is 0 Å². The number of aromatic nitrogens is 3. The molecule has 0 atom stereocenters. The van der Waals surface area contributed by atoms with E-state index in [4.69, 9.17) is 0 Å². The summed E-state index contributed by atoms with van der Waals surface area (Å²) in [5, 5.41) is 8.40. The molecule has 0 aliphatic heterocycles. The number of hydrogen-bond donors (Lipinski definition) is 2. The van der Waals surface area contributed by atoms with Gasteiger partial charge in [-0.3, -0.25) is 0 Å². The van der Waals surface area contributed by atoms with Crippen molar-refractivity contribution in [1.82, 2.24) is 15.0 Å². The van der Waals surface area contributed by atoms with Crippen LogP contribution < -0.4 is 10.6 Å². The summed E-state index contributed by atoms with van der Waals surface area (Å²) in [7, 11) is 0. The Kier molecular flexibility index (Phi) is 4.26. The van der Waals surface area contributed by atoms with E-state index in [2.05, 4.69) is 31.0 Å². The summed E-state index contributed by atoms with van der Waals surface area (Å²) in [5.41, 5.74) is 2.96. The first-order chi connectivity index (χ1) is 8.38.